The molecule has 0 unspecified atom stereocenters. The lowest BCUT2D eigenvalue weighted by Crippen LogP contribution is -2.35. The van der Waals surface area contributed by atoms with E-state index in [0.29, 0.717) is 0 Å². The van der Waals surface area contributed by atoms with Crippen LogP contribution in [0, 0.1) is 0 Å². The van der Waals surface area contributed by atoms with Crippen molar-refractivity contribution in [2.24, 2.45) is 0 Å². The molecule has 3 nitrogen and oxygen atoms in total. The van der Waals surface area contributed by atoms with Crippen LogP contribution < -0.4 is 0 Å². The minimum absolute atomic E-state index is 0.0204. The lowest BCUT2D eigenvalue weighted by Gasteiger charge is -2.29. The summed E-state index contributed by atoms with van der Waals surface area (Å²) in [6, 6.07) is 7.90. The number of hydrogen-bond acceptors (Lipinski definition) is 2. The van der Waals surface area contributed by atoms with Gasteiger partial charge >= 0.3 is 6.09 Å². The molecule has 0 bridgehead atoms. The van der Waals surface area contributed by atoms with Gasteiger partial charge in [0.05, 0.1) is 6.04 Å². The number of hydrogen-bond donors (Lipinski definition) is 0. The molecule has 1 amide bonds. The molecule has 0 spiro atoms. The summed E-state index contributed by atoms with van der Waals surface area (Å²) < 4.78 is 6.37. The zero-order chi connectivity index (χ0) is 13.9. The molecule has 0 aliphatic heterocycles. The van der Waals surface area contributed by atoms with Crippen LogP contribution in [-0.2, 0) is 4.74 Å². The third-order valence-electron chi connectivity index (χ3n) is 2.61. The SMILES string of the molecule is C[C@@H](c1ccc(Br)cc1)N(C)C(=O)OC(C)(C)C. The molecule has 1 rings (SSSR count). The molecule has 0 N–H and O–H groups in total. The van der Waals surface area contributed by atoms with Crippen molar-refractivity contribution in [1.29, 1.82) is 0 Å². The first kappa shape index (κ1) is 15.0. The van der Waals surface area contributed by atoms with Crippen molar-refractivity contribution >= 4 is 22.0 Å². The highest BCUT2D eigenvalue weighted by atomic mass is 79.9. The molecular formula is C14H20BrNO2. The summed E-state index contributed by atoms with van der Waals surface area (Å²) >= 11 is 3.40. The topological polar surface area (TPSA) is 29.5 Å². The first-order valence-electron chi connectivity index (χ1n) is 5.92. The summed E-state index contributed by atoms with van der Waals surface area (Å²) in [6.07, 6.45) is -0.307. The van der Waals surface area contributed by atoms with Gasteiger partial charge in [0.15, 0.2) is 0 Å². The fourth-order valence-corrected chi connectivity index (χ4v) is 1.72. The van der Waals surface area contributed by atoms with Crippen molar-refractivity contribution in [2.45, 2.75) is 39.3 Å². The van der Waals surface area contributed by atoms with E-state index in [1.54, 1.807) is 11.9 Å². The summed E-state index contributed by atoms with van der Waals surface area (Å²) in [5.74, 6) is 0. The minimum atomic E-state index is -0.467. The van der Waals surface area contributed by atoms with Crippen molar-refractivity contribution in [1.82, 2.24) is 4.90 Å². The zero-order valence-electron chi connectivity index (χ0n) is 11.5. The number of nitrogens with zero attached hydrogens (tertiary/aromatic N) is 1. The normalized spacial score (nSPS) is 13.0. The highest BCUT2D eigenvalue weighted by molar-refractivity contribution is 9.10. The van der Waals surface area contributed by atoms with Gasteiger partial charge in [-0.1, -0.05) is 28.1 Å². The van der Waals surface area contributed by atoms with E-state index in [1.807, 2.05) is 52.0 Å². The second kappa shape index (κ2) is 5.74. The quantitative estimate of drug-likeness (QED) is 0.811. The number of rotatable bonds is 2. The van der Waals surface area contributed by atoms with Gasteiger partial charge in [-0.25, -0.2) is 4.79 Å². The summed E-state index contributed by atoms with van der Waals surface area (Å²) in [5, 5.41) is 0. The maximum absolute atomic E-state index is 11.9. The van der Waals surface area contributed by atoms with Crippen LogP contribution >= 0.6 is 15.9 Å². The van der Waals surface area contributed by atoms with Crippen molar-refractivity contribution < 1.29 is 9.53 Å². The van der Waals surface area contributed by atoms with E-state index in [1.165, 1.54) is 0 Å². The Kier molecular flexibility index (Phi) is 4.79. The Labute approximate surface area is 117 Å². The van der Waals surface area contributed by atoms with Crippen molar-refractivity contribution in [3.8, 4) is 0 Å². The van der Waals surface area contributed by atoms with E-state index in [0.717, 1.165) is 10.0 Å². The number of carbonyl (C=O) groups is 1. The highest BCUT2D eigenvalue weighted by Crippen LogP contribution is 2.22. The summed E-state index contributed by atoms with van der Waals surface area (Å²) in [6.45, 7) is 7.57. The lowest BCUT2D eigenvalue weighted by atomic mass is 10.1. The second-order valence-corrected chi connectivity index (χ2v) is 6.23. The van der Waals surface area contributed by atoms with Crippen LogP contribution in [0.5, 0.6) is 0 Å². The molecule has 0 aromatic heterocycles. The summed E-state index contributed by atoms with van der Waals surface area (Å²) in [4.78, 5) is 13.5. The van der Waals surface area contributed by atoms with Gasteiger partial charge in [-0.15, -0.1) is 0 Å². The molecule has 1 atom stereocenters. The molecule has 0 heterocycles. The highest BCUT2D eigenvalue weighted by Gasteiger charge is 2.23. The molecule has 0 aliphatic rings. The third-order valence-corrected chi connectivity index (χ3v) is 3.14. The van der Waals surface area contributed by atoms with Crippen LogP contribution in [0.3, 0.4) is 0 Å². The van der Waals surface area contributed by atoms with Gasteiger partial charge in [0.2, 0.25) is 0 Å². The Balaban J connectivity index is 2.74. The van der Waals surface area contributed by atoms with Gasteiger partial charge in [0.25, 0.3) is 0 Å². The number of amides is 1. The molecule has 0 fully saturated rings. The van der Waals surface area contributed by atoms with E-state index < -0.39 is 5.60 Å². The Bertz CT molecular complexity index is 409. The second-order valence-electron chi connectivity index (χ2n) is 5.32. The average Bonchev–Trinajstić information content (AvgIpc) is 2.26. The summed E-state index contributed by atoms with van der Waals surface area (Å²) in [5.41, 5.74) is 0.608. The molecule has 0 saturated carbocycles. The lowest BCUT2D eigenvalue weighted by molar-refractivity contribution is 0.0234. The molecule has 18 heavy (non-hydrogen) atoms. The van der Waals surface area contributed by atoms with E-state index in [-0.39, 0.29) is 12.1 Å². The monoisotopic (exact) mass is 313 g/mol. The molecule has 0 aliphatic carbocycles. The molecular weight excluding hydrogens is 294 g/mol. The Hall–Kier alpha value is -1.03. The zero-order valence-corrected chi connectivity index (χ0v) is 13.1. The van der Waals surface area contributed by atoms with Crippen LogP contribution in [0.15, 0.2) is 28.7 Å². The van der Waals surface area contributed by atoms with Crippen molar-refractivity contribution in [3.63, 3.8) is 0 Å². The Morgan fingerprint density at radius 2 is 1.78 bits per heavy atom. The van der Waals surface area contributed by atoms with Crippen LogP contribution in [0.2, 0.25) is 0 Å². The maximum Gasteiger partial charge on any atom is 0.410 e. The predicted molar refractivity (Wildman–Crippen MR) is 76.6 cm³/mol. The van der Waals surface area contributed by atoms with Crippen molar-refractivity contribution in [3.05, 3.63) is 34.3 Å². The van der Waals surface area contributed by atoms with Gasteiger partial charge < -0.3 is 9.64 Å². The van der Waals surface area contributed by atoms with Crippen LogP contribution in [-0.4, -0.2) is 23.6 Å². The molecule has 1 aromatic carbocycles. The largest absolute Gasteiger partial charge is 0.444 e. The van der Waals surface area contributed by atoms with Gasteiger partial charge in [-0.05, 0) is 45.4 Å². The first-order chi connectivity index (χ1) is 8.20. The molecule has 1 aromatic rings. The molecule has 4 heteroatoms. The predicted octanol–water partition coefficient (Wildman–Crippen LogP) is 4.38. The smallest absolute Gasteiger partial charge is 0.410 e. The average molecular weight is 314 g/mol. The minimum Gasteiger partial charge on any atom is -0.444 e. The van der Waals surface area contributed by atoms with Gasteiger partial charge in [0, 0.05) is 11.5 Å². The van der Waals surface area contributed by atoms with Crippen LogP contribution in [0.25, 0.3) is 0 Å². The number of carbonyl (C=O) groups excluding carboxylic acids is 1. The third kappa shape index (κ3) is 4.33. The van der Waals surface area contributed by atoms with Gasteiger partial charge in [-0.3, -0.25) is 0 Å². The van der Waals surface area contributed by atoms with Crippen molar-refractivity contribution in [2.75, 3.05) is 7.05 Å². The standard InChI is InChI=1S/C14H20BrNO2/c1-10(11-6-8-12(15)9-7-11)16(5)13(17)18-14(2,3)4/h6-10H,1-5H3/t10-/m0/s1. The molecule has 0 radical (unpaired) electrons. The maximum atomic E-state index is 11.9. The summed E-state index contributed by atoms with van der Waals surface area (Å²) in [7, 11) is 1.75. The van der Waals surface area contributed by atoms with Crippen LogP contribution in [0.4, 0.5) is 4.79 Å². The fourth-order valence-electron chi connectivity index (χ4n) is 1.46. The molecule has 0 saturated heterocycles. The van der Waals surface area contributed by atoms with E-state index in [9.17, 15) is 4.79 Å². The first-order valence-corrected chi connectivity index (χ1v) is 6.71. The van der Waals surface area contributed by atoms with Crippen LogP contribution in [0.1, 0.15) is 39.3 Å². The Morgan fingerprint density at radius 3 is 2.22 bits per heavy atom. The molecule has 100 valence electrons. The number of ether oxygens (including phenoxy) is 1. The number of halogens is 1. The van der Waals surface area contributed by atoms with Gasteiger partial charge in [0.1, 0.15) is 5.60 Å². The number of benzene rings is 1. The Morgan fingerprint density at radius 1 is 1.28 bits per heavy atom. The van der Waals surface area contributed by atoms with E-state index in [4.69, 9.17) is 4.74 Å². The van der Waals surface area contributed by atoms with E-state index in [2.05, 4.69) is 15.9 Å². The van der Waals surface area contributed by atoms with E-state index >= 15 is 0 Å². The van der Waals surface area contributed by atoms with Gasteiger partial charge in [-0.2, -0.15) is 0 Å². The fraction of sp³-hybridized carbons (Fsp3) is 0.500.